The fourth-order valence-corrected chi connectivity index (χ4v) is 6.86. The lowest BCUT2D eigenvalue weighted by molar-refractivity contribution is -0.186. The van der Waals surface area contributed by atoms with Crippen molar-refractivity contribution in [3.05, 3.63) is 24.2 Å². The summed E-state index contributed by atoms with van der Waals surface area (Å²) in [5.74, 6) is -2.61. The molecule has 9 nitrogen and oxygen atoms in total. The van der Waals surface area contributed by atoms with Crippen molar-refractivity contribution in [2.45, 2.75) is 64.3 Å². The van der Waals surface area contributed by atoms with Crippen LogP contribution in [0.3, 0.4) is 0 Å². The zero-order valence-electron chi connectivity index (χ0n) is 19.0. The summed E-state index contributed by atoms with van der Waals surface area (Å²) in [6, 6.07) is 1.69. The van der Waals surface area contributed by atoms with E-state index in [0.29, 0.717) is 25.0 Å². The zero-order valence-corrected chi connectivity index (χ0v) is 19.0. The molecule has 4 fully saturated rings. The van der Waals surface area contributed by atoms with Crippen LogP contribution in [-0.4, -0.2) is 48.6 Å². The van der Waals surface area contributed by atoms with Gasteiger partial charge < -0.3 is 23.4 Å². The molecule has 0 radical (unpaired) electrons. The number of rotatable bonds is 6. The summed E-state index contributed by atoms with van der Waals surface area (Å²) >= 11 is 0. The van der Waals surface area contributed by atoms with E-state index >= 15 is 0 Å². The second kappa shape index (κ2) is 7.41. The minimum Gasteiger partial charge on any atom is -0.472 e. The van der Waals surface area contributed by atoms with Gasteiger partial charge in [-0.3, -0.25) is 19.2 Å². The predicted molar refractivity (Wildman–Crippen MR) is 109 cm³/mol. The van der Waals surface area contributed by atoms with Crippen molar-refractivity contribution in [2.24, 2.45) is 22.7 Å². The number of Topliss-reactive ketones (excluding diaryl/α,β-unsaturated/α-hetero) is 1. The number of furan rings is 1. The molecule has 4 aliphatic rings. The van der Waals surface area contributed by atoms with Gasteiger partial charge in [0, 0.05) is 31.7 Å². The standard InChI is InChI=1S/C24H28O9/c1-13-19-20(27)24(12-30-14(2)25)18(5-4-7-22(24)11-31-22)23(13,21(28)33-19)9-17(32-15(3)26)16-6-8-29-10-16/h6,8,10,13,17-19H,4-5,7,9,11-12H2,1-3H3. The summed E-state index contributed by atoms with van der Waals surface area (Å²) in [6.07, 6.45) is 3.36. The minimum absolute atomic E-state index is 0.137. The van der Waals surface area contributed by atoms with E-state index in [1.54, 1.807) is 6.07 Å². The van der Waals surface area contributed by atoms with Gasteiger partial charge in [0.15, 0.2) is 11.9 Å². The Morgan fingerprint density at radius 3 is 2.61 bits per heavy atom. The third-order valence-electron chi connectivity index (χ3n) is 8.42. The van der Waals surface area contributed by atoms with E-state index in [0.717, 1.165) is 6.42 Å². The highest BCUT2D eigenvalue weighted by Crippen LogP contribution is 2.70. The zero-order chi connectivity index (χ0) is 23.6. The van der Waals surface area contributed by atoms with Crippen LogP contribution >= 0.6 is 0 Å². The number of carbonyl (C=O) groups is 4. The maximum Gasteiger partial charge on any atom is 0.313 e. The first kappa shape index (κ1) is 22.1. The van der Waals surface area contributed by atoms with Crippen LogP contribution in [0.4, 0.5) is 0 Å². The molecular formula is C24H28O9. The Kier molecular flexibility index (Phi) is 4.97. The van der Waals surface area contributed by atoms with Crippen molar-refractivity contribution in [2.75, 3.05) is 13.2 Å². The van der Waals surface area contributed by atoms with Crippen LogP contribution in [-0.2, 0) is 38.1 Å². The molecule has 178 valence electrons. The number of epoxide rings is 1. The quantitative estimate of drug-likeness (QED) is 0.358. The van der Waals surface area contributed by atoms with Gasteiger partial charge >= 0.3 is 17.9 Å². The molecular weight excluding hydrogens is 432 g/mol. The molecule has 2 aliphatic carbocycles. The van der Waals surface area contributed by atoms with Crippen LogP contribution in [0.25, 0.3) is 0 Å². The Hall–Kier alpha value is -2.68. The lowest BCUT2D eigenvalue weighted by atomic mass is 9.43. The molecule has 2 saturated carbocycles. The van der Waals surface area contributed by atoms with Gasteiger partial charge in [-0.15, -0.1) is 0 Å². The Bertz CT molecular complexity index is 994. The minimum atomic E-state index is -1.18. The molecule has 33 heavy (non-hydrogen) atoms. The Morgan fingerprint density at radius 1 is 1.24 bits per heavy atom. The molecule has 1 aromatic heterocycles. The molecule has 0 N–H and O–H groups in total. The maximum atomic E-state index is 13.9. The number of ether oxygens (including phenoxy) is 4. The first-order valence-electron chi connectivity index (χ1n) is 11.4. The van der Waals surface area contributed by atoms with Crippen molar-refractivity contribution >= 4 is 23.7 Å². The van der Waals surface area contributed by atoms with Crippen molar-refractivity contribution in [3.8, 4) is 0 Å². The summed E-state index contributed by atoms with van der Waals surface area (Å²) < 4.78 is 28.0. The smallest absolute Gasteiger partial charge is 0.313 e. The van der Waals surface area contributed by atoms with Gasteiger partial charge in [0.05, 0.1) is 24.5 Å². The molecule has 7 atom stereocenters. The highest BCUT2D eigenvalue weighted by molar-refractivity contribution is 6.00. The van der Waals surface area contributed by atoms with E-state index in [1.807, 2.05) is 6.92 Å². The van der Waals surface area contributed by atoms with Gasteiger partial charge in [-0.05, 0) is 24.8 Å². The maximum absolute atomic E-state index is 13.9. The molecule has 2 aliphatic heterocycles. The number of esters is 3. The molecule has 1 spiro atoms. The Balaban J connectivity index is 1.64. The Morgan fingerprint density at radius 2 is 2.00 bits per heavy atom. The van der Waals surface area contributed by atoms with E-state index in [4.69, 9.17) is 23.4 Å². The van der Waals surface area contributed by atoms with Gasteiger partial charge in [-0.2, -0.15) is 0 Å². The monoisotopic (exact) mass is 460 g/mol. The van der Waals surface area contributed by atoms with Crippen molar-refractivity contribution in [1.29, 1.82) is 0 Å². The van der Waals surface area contributed by atoms with Crippen LogP contribution in [0, 0.1) is 22.7 Å². The molecule has 3 heterocycles. The highest BCUT2D eigenvalue weighted by Gasteiger charge is 2.81. The number of fused-ring (bicyclic) bond motifs is 5. The molecule has 1 aromatic rings. The SMILES string of the molecule is CC(=O)OCC12C(=O)C3OC(=O)C(CC(OC(C)=O)c4ccoc4)(C3C)C1CCCC21CO1. The van der Waals surface area contributed by atoms with Gasteiger partial charge in [-0.1, -0.05) is 13.3 Å². The summed E-state index contributed by atoms with van der Waals surface area (Å²) in [4.78, 5) is 51.3. The fourth-order valence-electron chi connectivity index (χ4n) is 6.86. The Labute approximate surface area is 191 Å². The van der Waals surface area contributed by atoms with Crippen LogP contribution in [0.15, 0.2) is 23.0 Å². The first-order chi connectivity index (χ1) is 15.7. The van der Waals surface area contributed by atoms with E-state index in [-0.39, 0.29) is 18.8 Å². The average molecular weight is 460 g/mol. The van der Waals surface area contributed by atoms with E-state index in [2.05, 4.69) is 0 Å². The fraction of sp³-hybridized carbons (Fsp3) is 0.667. The van der Waals surface area contributed by atoms with E-state index in [1.165, 1.54) is 26.4 Å². The summed E-state index contributed by atoms with van der Waals surface area (Å²) in [5, 5.41) is 0. The number of ketones is 1. The number of hydrogen-bond acceptors (Lipinski definition) is 9. The molecule has 0 aromatic carbocycles. The second-order valence-electron chi connectivity index (χ2n) is 9.86. The van der Waals surface area contributed by atoms with Crippen molar-refractivity contribution < 1.29 is 42.5 Å². The van der Waals surface area contributed by atoms with Gasteiger partial charge in [-0.25, -0.2) is 0 Å². The highest BCUT2D eigenvalue weighted by atomic mass is 16.6. The molecule has 5 rings (SSSR count). The van der Waals surface area contributed by atoms with Crippen LogP contribution in [0.5, 0.6) is 0 Å². The van der Waals surface area contributed by atoms with E-state index < -0.39 is 58.4 Å². The lowest BCUT2D eigenvalue weighted by Crippen LogP contribution is -2.68. The third-order valence-corrected chi connectivity index (χ3v) is 8.42. The van der Waals surface area contributed by atoms with Crippen LogP contribution in [0.2, 0.25) is 0 Å². The number of carbonyl (C=O) groups excluding carboxylic acids is 4. The molecule has 9 heteroatoms. The number of hydrogen-bond donors (Lipinski definition) is 0. The van der Waals surface area contributed by atoms with Crippen LogP contribution in [0.1, 0.15) is 58.1 Å². The molecule has 0 amide bonds. The van der Waals surface area contributed by atoms with Gasteiger partial charge in [0.25, 0.3) is 0 Å². The summed E-state index contributed by atoms with van der Waals surface area (Å²) in [5.41, 5.74) is -2.45. The molecule has 2 saturated heterocycles. The molecule has 7 unspecified atom stereocenters. The normalized spacial score (nSPS) is 39.5. The average Bonchev–Trinajstić information content (AvgIpc) is 3.25. The van der Waals surface area contributed by atoms with Gasteiger partial charge in [0.1, 0.15) is 23.7 Å². The molecule has 2 bridgehead atoms. The summed E-state index contributed by atoms with van der Waals surface area (Å²) in [6.45, 7) is 4.67. The topological polar surface area (TPSA) is 122 Å². The lowest BCUT2D eigenvalue weighted by Gasteiger charge is -2.56. The van der Waals surface area contributed by atoms with Crippen molar-refractivity contribution in [1.82, 2.24) is 0 Å². The van der Waals surface area contributed by atoms with E-state index in [9.17, 15) is 19.2 Å². The third kappa shape index (κ3) is 2.94. The predicted octanol–water partition coefficient (Wildman–Crippen LogP) is 2.52. The van der Waals surface area contributed by atoms with Gasteiger partial charge in [0.2, 0.25) is 0 Å². The second-order valence-corrected chi connectivity index (χ2v) is 9.86. The summed E-state index contributed by atoms with van der Waals surface area (Å²) in [7, 11) is 0. The van der Waals surface area contributed by atoms with Crippen LogP contribution < -0.4 is 0 Å². The largest absolute Gasteiger partial charge is 0.472 e. The first-order valence-corrected chi connectivity index (χ1v) is 11.4. The van der Waals surface area contributed by atoms with Crippen molar-refractivity contribution in [3.63, 3.8) is 0 Å².